The van der Waals surface area contributed by atoms with Crippen molar-refractivity contribution in [3.8, 4) is 0 Å². The van der Waals surface area contributed by atoms with Crippen LogP contribution < -0.4 is 10.5 Å². The molecular formula is C17H29NOSi. The van der Waals surface area contributed by atoms with Crippen molar-refractivity contribution in [2.45, 2.75) is 59.2 Å². The molecule has 0 fully saturated rings. The van der Waals surface area contributed by atoms with Crippen molar-refractivity contribution in [3.05, 3.63) is 29.3 Å². The van der Waals surface area contributed by atoms with E-state index in [1.807, 2.05) is 0 Å². The first-order valence-corrected chi connectivity index (χ1v) is 10.6. The van der Waals surface area contributed by atoms with Gasteiger partial charge in [0.05, 0.1) is 8.07 Å². The molecule has 1 aromatic carbocycles. The Morgan fingerprint density at radius 2 is 1.70 bits per heavy atom. The molecule has 2 nitrogen and oxygen atoms in total. The minimum absolute atomic E-state index is 0.109. The predicted molar refractivity (Wildman–Crippen MR) is 90.6 cm³/mol. The van der Waals surface area contributed by atoms with E-state index in [2.05, 4.69) is 58.1 Å². The molecule has 0 atom stereocenters. The van der Waals surface area contributed by atoms with Crippen molar-refractivity contribution in [2.24, 2.45) is 0 Å². The summed E-state index contributed by atoms with van der Waals surface area (Å²) in [5.41, 5.74) is 2.09. The highest BCUT2D eigenvalue weighted by molar-refractivity contribution is 6.92. The van der Waals surface area contributed by atoms with E-state index < -0.39 is 8.07 Å². The smallest absolute Gasteiger partial charge is 0.251 e. The summed E-state index contributed by atoms with van der Waals surface area (Å²) >= 11 is 0. The van der Waals surface area contributed by atoms with Crippen LogP contribution in [0.25, 0.3) is 0 Å². The Morgan fingerprint density at radius 1 is 1.10 bits per heavy atom. The first kappa shape index (κ1) is 17.0. The van der Waals surface area contributed by atoms with Crippen LogP contribution in [0.3, 0.4) is 0 Å². The van der Waals surface area contributed by atoms with Crippen molar-refractivity contribution >= 4 is 19.2 Å². The van der Waals surface area contributed by atoms with Gasteiger partial charge in [-0.2, -0.15) is 0 Å². The average molecular weight is 292 g/mol. The molecule has 0 saturated heterocycles. The van der Waals surface area contributed by atoms with Crippen molar-refractivity contribution in [3.63, 3.8) is 0 Å². The number of nitrogens with one attached hydrogen (secondary N) is 1. The molecule has 0 unspecified atom stereocenters. The average Bonchev–Trinajstić information content (AvgIpc) is 2.48. The van der Waals surface area contributed by atoms with Gasteiger partial charge in [-0.3, -0.25) is 4.79 Å². The maximum absolute atomic E-state index is 12.5. The summed E-state index contributed by atoms with van der Waals surface area (Å²) in [6, 6.07) is 10.1. The van der Waals surface area contributed by atoms with Gasteiger partial charge in [0.1, 0.15) is 0 Å². The second-order valence-electron chi connectivity index (χ2n) is 5.65. The van der Waals surface area contributed by atoms with Gasteiger partial charge in [-0.25, -0.2) is 0 Å². The first-order valence-electron chi connectivity index (χ1n) is 7.93. The molecule has 0 aromatic heterocycles. The molecule has 0 heterocycles. The molecule has 1 aromatic rings. The zero-order valence-corrected chi connectivity index (χ0v) is 14.7. The van der Waals surface area contributed by atoms with Crippen molar-refractivity contribution in [2.75, 3.05) is 6.54 Å². The van der Waals surface area contributed by atoms with E-state index in [-0.39, 0.29) is 5.91 Å². The lowest BCUT2D eigenvalue weighted by molar-refractivity contribution is 0.0954. The van der Waals surface area contributed by atoms with Gasteiger partial charge in [0, 0.05) is 12.1 Å². The van der Waals surface area contributed by atoms with Crippen LogP contribution in [0.4, 0.5) is 0 Å². The fraction of sp³-hybridized carbons (Fsp3) is 0.588. The molecule has 0 bridgehead atoms. The standard InChI is InChI=1S/C17H29NOSi/c1-6-12-18-17(19)15-13-14(5)10-11-16(15)20(7-2,8-3)9-4/h10-11,13H,6-9,12H2,1-5H3,(H,18,19). The van der Waals surface area contributed by atoms with Gasteiger partial charge < -0.3 is 5.32 Å². The van der Waals surface area contributed by atoms with E-state index in [4.69, 9.17) is 0 Å². The highest BCUT2D eigenvalue weighted by atomic mass is 28.3. The predicted octanol–water partition coefficient (Wildman–Crippen LogP) is 3.85. The van der Waals surface area contributed by atoms with E-state index in [9.17, 15) is 4.79 Å². The summed E-state index contributed by atoms with van der Waals surface area (Å²) in [5, 5.41) is 4.40. The third-order valence-electron chi connectivity index (χ3n) is 4.56. The number of amides is 1. The van der Waals surface area contributed by atoms with Gasteiger partial charge in [0.2, 0.25) is 0 Å². The monoisotopic (exact) mass is 291 g/mol. The second kappa shape index (κ2) is 7.63. The van der Waals surface area contributed by atoms with Crippen molar-refractivity contribution < 1.29 is 4.79 Å². The molecule has 0 aliphatic rings. The Bertz CT molecular complexity index is 444. The van der Waals surface area contributed by atoms with Crippen LogP contribution in [0, 0.1) is 6.92 Å². The van der Waals surface area contributed by atoms with Gasteiger partial charge in [-0.1, -0.05) is 63.5 Å². The quantitative estimate of drug-likeness (QED) is 0.760. The largest absolute Gasteiger partial charge is 0.352 e. The molecule has 20 heavy (non-hydrogen) atoms. The van der Waals surface area contributed by atoms with Crippen LogP contribution in [-0.4, -0.2) is 20.5 Å². The number of hydrogen-bond donors (Lipinski definition) is 1. The summed E-state index contributed by atoms with van der Waals surface area (Å²) in [4.78, 5) is 12.5. The number of rotatable bonds is 7. The number of aryl methyl sites for hydroxylation is 1. The minimum atomic E-state index is -1.52. The summed E-state index contributed by atoms with van der Waals surface area (Å²) in [7, 11) is -1.52. The molecule has 112 valence electrons. The van der Waals surface area contributed by atoms with E-state index >= 15 is 0 Å². The maximum atomic E-state index is 12.5. The van der Waals surface area contributed by atoms with Crippen LogP contribution >= 0.6 is 0 Å². The van der Waals surface area contributed by atoms with Crippen LogP contribution in [0.15, 0.2) is 18.2 Å². The lowest BCUT2D eigenvalue weighted by atomic mass is 10.1. The van der Waals surface area contributed by atoms with Crippen LogP contribution in [0.5, 0.6) is 0 Å². The molecule has 3 heteroatoms. The van der Waals surface area contributed by atoms with Crippen LogP contribution in [-0.2, 0) is 0 Å². The number of carbonyl (C=O) groups excluding carboxylic acids is 1. The van der Waals surface area contributed by atoms with Crippen LogP contribution in [0.2, 0.25) is 18.1 Å². The normalized spacial score (nSPS) is 11.4. The highest BCUT2D eigenvalue weighted by Gasteiger charge is 2.32. The lowest BCUT2D eigenvalue weighted by Gasteiger charge is -2.30. The molecule has 0 spiro atoms. The summed E-state index contributed by atoms with van der Waals surface area (Å²) in [5.74, 6) is 0.109. The Hall–Kier alpha value is -1.09. The molecule has 1 amide bonds. The van der Waals surface area contributed by atoms with Gasteiger partial charge in [-0.15, -0.1) is 0 Å². The Kier molecular flexibility index (Phi) is 6.47. The summed E-state index contributed by atoms with van der Waals surface area (Å²) in [6.07, 6.45) is 0.977. The number of carbonyl (C=O) groups is 1. The van der Waals surface area contributed by atoms with Gasteiger partial charge in [0.15, 0.2) is 0 Å². The van der Waals surface area contributed by atoms with Gasteiger partial charge in [-0.05, 0) is 24.6 Å². The molecular weight excluding hydrogens is 262 g/mol. The number of benzene rings is 1. The second-order valence-corrected chi connectivity index (χ2v) is 10.9. The summed E-state index contributed by atoms with van der Waals surface area (Å²) < 4.78 is 0. The highest BCUT2D eigenvalue weighted by Crippen LogP contribution is 2.22. The third-order valence-corrected chi connectivity index (χ3v) is 10.2. The molecule has 1 N–H and O–H groups in total. The summed E-state index contributed by atoms with van der Waals surface area (Å²) in [6.45, 7) is 11.8. The Labute approximate surface area is 125 Å². The fourth-order valence-corrected chi connectivity index (χ4v) is 6.80. The van der Waals surface area contributed by atoms with E-state index in [0.717, 1.165) is 18.5 Å². The Balaban J connectivity index is 3.28. The molecule has 1 rings (SSSR count). The van der Waals surface area contributed by atoms with Gasteiger partial charge >= 0.3 is 0 Å². The molecule has 0 aliphatic heterocycles. The molecule has 0 aliphatic carbocycles. The Morgan fingerprint density at radius 3 is 2.20 bits per heavy atom. The molecule has 0 saturated carbocycles. The van der Waals surface area contributed by atoms with E-state index in [0.29, 0.717) is 0 Å². The van der Waals surface area contributed by atoms with Crippen molar-refractivity contribution in [1.82, 2.24) is 5.32 Å². The van der Waals surface area contributed by atoms with Crippen molar-refractivity contribution in [1.29, 1.82) is 0 Å². The SMILES string of the molecule is CCCNC(=O)c1cc(C)ccc1[Si](CC)(CC)CC. The van der Waals surface area contributed by atoms with Gasteiger partial charge in [0.25, 0.3) is 5.91 Å². The fourth-order valence-electron chi connectivity index (χ4n) is 2.96. The minimum Gasteiger partial charge on any atom is -0.352 e. The first-order chi connectivity index (χ1) is 9.54. The van der Waals surface area contributed by atoms with E-state index in [1.54, 1.807) is 0 Å². The third kappa shape index (κ3) is 3.51. The number of hydrogen-bond acceptors (Lipinski definition) is 1. The zero-order chi connectivity index (χ0) is 15.2. The molecule has 0 radical (unpaired) electrons. The van der Waals surface area contributed by atoms with E-state index in [1.165, 1.54) is 28.9 Å². The maximum Gasteiger partial charge on any atom is 0.251 e. The topological polar surface area (TPSA) is 29.1 Å². The lowest BCUT2D eigenvalue weighted by Crippen LogP contribution is -2.49. The zero-order valence-electron chi connectivity index (χ0n) is 13.7. The van der Waals surface area contributed by atoms with Crippen LogP contribution in [0.1, 0.15) is 50.0 Å².